The van der Waals surface area contributed by atoms with Crippen LogP contribution in [0.4, 0.5) is 5.69 Å². The van der Waals surface area contributed by atoms with Gasteiger partial charge in [-0.3, -0.25) is 0 Å². The molecule has 1 aromatic rings. The molecule has 1 rings (SSSR count). The fourth-order valence-corrected chi connectivity index (χ4v) is 1.80. The predicted molar refractivity (Wildman–Crippen MR) is 56.2 cm³/mol. The van der Waals surface area contributed by atoms with Gasteiger partial charge in [-0.15, -0.1) is 0 Å². The minimum Gasteiger partial charge on any atom is -0.398 e. The molecule has 0 aromatic heterocycles. The van der Waals surface area contributed by atoms with Gasteiger partial charge in [0.05, 0.1) is 4.90 Å². The molecule has 0 unspecified atom stereocenters. The number of primary sulfonamides is 1. The zero-order chi connectivity index (χ0) is 10.8. The summed E-state index contributed by atoms with van der Waals surface area (Å²) in [6, 6.07) is 4.59. The van der Waals surface area contributed by atoms with Crippen LogP contribution in [-0.4, -0.2) is 8.42 Å². The summed E-state index contributed by atoms with van der Waals surface area (Å²) >= 11 is 0. The van der Waals surface area contributed by atoms with E-state index < -0.39 is 10.0 Å². The fraction of sp³-hybridized carbons (Fsp3) is 0.333. The topological polar surface area (TPSA) is 86.2 Å². The van der Waals surface area contributed by atoms with E-state index in [0.29, 0.717) is 5.69 Å². The minimum atomic E-state index is -3.64. The molecule has 0 atom stereocenters. The highest BCUT2D eigenvalue weighted by Crippen LogP contribution is 2.18. The van der Waals surface area contributed by atoms with E-state index in [1.807, 2.05) is 6.92 Å². The molecule has 4 N–H and O–H groups in total. The largest absolute Gasteiger partial charge is 0.398 e. The molecule has 14 heavy (non-hydrogen) atoms. The summed E-state index contributed by atoms with van der Waals surface area (Å²) in [5, 5.41) is 4.97. The molecule has 0 radical (unpaired) electrons. The lowest BCUT2D eigenvalue weighted by Crippen LogP contribution is -2.12. The van der Waals surface area contributed by atoms with Crippen LogP contribution in [0.25, 0.3) is 0 Å². The summed E-state index contributed by atoms with van der Waals surface area (Å²) in [7, 11) is -3.64. The molecule has 4 nitrogen and oxygen atoms in total. The van der Waals surface area contributed by atoms with Gasteiger partial charge < -0.3 is 5.73 Å². The van der Waals surface area contributed by atoms with Crippen molar-refractivity contribution in [1.29, 1.82) is 0 Å². The molecule has 0 aliphatic heterocycles. The second-order valence-electron chi connectivity index (χ2n) is 3.16. The van der Waals surface area contributed by atoms with Gasteiger partial charge in [-0.05, 0) is 24.1 Å². The number of benzene rings is 1. The van der Waals surface area contributed by atoms with Crippen molar-refractivity contribution in [3.8, 4) is 0 Å². The summed E-state index contributed by atoms with van der Waals surface area (Å²) in [5.74, 6) is 0. The summed E-state index contributed by atoms with van der Waals surface area (Å²) in [6.07, 6.45) is 1.82. The van der Waals surface area contributed by atoms with Gasteiger partial charge in [0.25, 0.3) is 0 Å². The highest BCUT2D eigenvalue weighted by atomic mass is 32.2. The molecule has 0 spiro atoms. The Bertz CT molecular complexity index is 426. The second-order valence-corrected chi connectivity index (χ2v) is 4.72. The lowest BCUT2D eigenvalue weighted by atomic mass is 10.1. The first kappa shape index (κ1) is 11.0. The first-order valence-corrected chi connectivity index (χ1v) is 5.91. The maximum atomic E-state index is 11.0. The number of hydrogen-bond acceptors (Lipinski definition) is 3. The van der Waals surface area contributed by atoms with Crippen molar-refractivity contribution in [2.45, 2.75) is 24.7 Å². The Morgan fingerprint density at radius 2 is 2.00 bits per heavy atom. The average Bonchev–Trinajstić information content (AvgIpc) is 2.07. The fourth-order valence-electron chi connectivity index (χ4n) is 1.25. The highest BCUT2D eigenvalue weighted by molar-refractivity contribution is 7.89. The number of nitrogens with two attached hydrogens (primary N) is 2. The molecular weight excluding hydrogens is 200 g/mol. The van der Waals surface area contributed by atoms with Crippen molar-refractivity contribution in [1.82, 2.24) is 0 Å². The molecule has 0 fully saturated rings. The summed E-state index contributed by atoms with van der Waals surface area (Å²) in [5.41, 5.74) is 7.13. The molecule has 0 amide bonds. The van der Waals surface area contributed by atoms with E-state index >= 15 is 0 Å². The molecular formula is C9H14N2O2S. The molecule has 0 aliphatic rings. The third-order valence-electron chi connectivity index (χ3n) is 1.97. The van der Waals surface area contributed by atoms with Crippen LogP contribution in [0.15, 0.2) is 23.1 Å². The molecule has 0 saturated heterocycles. The van der Waals surface area contributed by atoms with Crippen LogP contribution in [0.3, 0.4) is 0 Å². The Labute approximate surface area is 84.0 Å². The van der Waals surface area contributed by atoms with Gasteiger partial charge in [-0.25, -0.2) is 13.6 Å². The Hall–Kier alpha value is -1.07. The van der Waals surface area contributed by atoms with Crippen LogP contribution in [-0.2, 0) is 16.4 Å². The van der Waals surface area contributed by atoms with E-state index in [0.717, 1.165) is 18.4 Å². The third kappa shape index (κ3) is 2.46. The number of nitrogen functional groups attached to an aromatic ring is 1. The third-order valence-corrected chi connectivity index (χ3v) is 2.88. The van der Waals surface area contributed by atoms with E-state index in [1.54, 1.807) is 6.07 Å². The molecule has 78 valence electrons. The molecule has 5 heteroatoms. The number of anilines is 1. The maximum Gasteiger partial charge on any atom is 0.238 e. The van der Waals surface area contributed by atoms with Crippen molar-refractivity contribution in [2.24, 2.45) is 5.14 Å². The number of sulfonamides is 1. The van der Waals surface area contributed by atoms with E-state index in [9.17, 15) is 8.42 Å². The van der Waals surface area contributed by atoms with Crippen molar-refractivity contribution >= 4 is 15.7 Å². The van der Waals surface area contributed by atoms with Gasteiger partial charge in [-0.1, -0.05) is 19.4 Å². The van der Waals surface area contributed by atoms with Crippen molar-refractivity contribution in [3.05, 3.63) is 23.8 Å². The molecule has 0 heterocycles. The van der Waals surface area contributed by atoms with Crippen molar-refractivity contribution < 1.29 is 8.42 Å². The van der Waals surface area contributed by atoms with E-state index in [2.05, 4.69) is 0 Å². The SMILES string of the molecule is CCCc1ccc(S(N)(=O)=O)cc1N. The summed E-state index contributed by atoms with van der Waals surface area (Å²) < 4.78 is 22.0. The zero-order valence-corrected chi connectivity index (χ0v) is 8.84. The van der Waals surface area contributed by atoms with Crippen LogP contribution in [0.2, 0.25) is 0 Å². The lowest BCUT2D eigenvalue weighted by Gasteiger charge is -2.05. The summed E-state index contributed by atoms with van der Waals surface area (Å²) in [4.78, 5) is 0.0647. The zero-order valence-electron chi connectivity index (χ0n) is 8.03. The Kier molecular flexibility index (Phi) is 3.13. The monoisotopic (exact) mass is 214 g/mol. The average molecular weight is 214 g/mol. The lowest BCUT2D eigenvalue weighted by molar-refractivity contribution is 0.598. The Morgan fingerprint density at radius 3 is 2.43 bits per heavy atom. The molecule has 1 aromatic carbocycles. The van der Waals surface area contributed by atoms with Crippen molar-refractivity contribution in [2.75, 3.05) is 5.73 Å². The standard InChI is InChI=1S/C9H14N2O2S/c1-2-3-7-4-5-8(6-9(7)10)14(11,12)13/h4-6H,2-3,10H2,1H3,(H2,11,12,13). The van der Waals surface area contributed by atoms with Crippen LogP contribution in [0.1, 0.15) is 18.9 Å². The van der Waals surface area contributed by atoms with E-state index in [4.69, 9.17) is 10.9 Å². The van der Waals surface area contributed by atoms with Gasteiger partial charge in [0.15, 0.2) is 0 Å². The van der Waals surface area contributed by atoms with Gasteiger partial charge in [0, 0.05) is 5.69 Å². The highest BCUT2D eigenvalue weighted by Gasteiger charge is 2.09. The van der Waals surface area contributed by atoms with Crippen LogP contribution < -0.4 is 10.9 Å². The summed E-state index contributed by atoms with van der Waals surface area (Å²) in [6.45, 7) is 2.03. The predicted octanol–water partition coefficient (Wildman–Crippen LogP) is 0.869. The molecule has 0 aliphatic carbocycles. The van der Waals surface area contributed by atoms with Gasteiger partial charge >= 0.3 is 0 Å². The quantitative estimate of drug-likeness (QED) is 0.732. The first-order valence-electron chi connectivity index (χ1n) is 4.36. The Morgan fingerprint density at radius 1 is 1.36 bits per heavy atom. The van der Waals surface area contributed by atoms with E-state index in [1.165, 1.54) is 12.1 Å². The number of rotatable bonds is 3. The van der Waals surface area contributed by atoms with E-state index in [-0.39, 0.29) is 4.90 Å². The van der Waals surface area contributed by atoms with Crippen LogP contribution >= 0.6 is 0 Å². The molecule has 0 bridgehead atoms. The maximum absolute atomic E-state index is 11.0. The number of hydrogen-bond donors (Lipinski definition) is 2. The second kappa shape index (κ2) is 3.98. The van der Waals surface area contributed by atoms with Gasteiger partial charge in [0.2, 0.25) is 10.0 Å². The van der Waals surface area contributed by atoms with Crippen molar-refractivity contribution in [3.63, 3.8) is 0 Å². The molecule has 0 saturated carbocycles. The van der Waals surface area contributed by atoms with Gasteiger partial charge in [0.1, 0.15) is 0 Å². The normalized spacial score (nSPS) is 11.6. The van der Waals surface area contributed by atoms with Gasteiger partial charge in [-0.2, -0.15) is 0 Å². The first-order chi connectivity index (χ1) is 6.45. The number of aryl methyl sites for hydroxylation is 1. The van der Waals surface area contributed by atoms with Crippen LogP contribution in [0, 0.1) is 0 Å². The Balaban J connectivity index is 3.13. The van der Waals surface area contributed by atoms with Crippen LogP contribution in [0.5, 0.6) is 0 Å². The smallest absolute Gasteiger partial charge is 0.238 e. The minimum absolute atomic E-state index is 0.0647.